The molecule has 0 spiro atoms. The fourth-order valence-corrected chi connectivity index (χ4v) is 2.23. The molecule has 1 heterocycles. The first-order valence-electron chi connectivity index (χ1n) is 5.01. The molecule has 0 unspecified atom stereocenters. The number of β-amino-alcohol motifs (C(OH)–C–C–N with tert-alkyl or cyclic N) is 1. The third kappa shape index (κ3) is 1.79. The zero-order chi connectivity index (χ0) is 8.39. The zero-order valence-corrected chi connectivity index (χ0v) is 7.42. The second kappa shape index (κ2) is 3.73. The molecule has 0 aromatic rings. The Balaban J connectivity index is 1.77. The van der Waals surface area contributed by atoms with Gasteiger partial charge < -0.3 is 15.7 Å². The molecule has 2 atom stereocenters. The summed E-state index contributed by atoms with van der Waals surface area (Å²) in [7, 11) is 0. The van der Waals surface area contributed by atoms with Gasteiger partial charge in [-0.15, -0.1) is 0 Å². The van der Waals surface area contributed by atoms with Crippen molar-refractivity contribution in [1.82, 2.24) is 10.6 Å². The lowest BCUT2D eigenvalue weighted by atomic mass is 10.1. The van der Waals surface area contributed by atoms with Crippen LogP contribution in [0.1, 0.15) is 25.7 Å². The monoisotopic (exact) mass is 170 g/mol. The summed E-state index contributed by atoms with van der Waals surface area (Å²) in [5, 5.41) is 16.2. The molecule has 0 radical (unpaired) electrons. The van der Waals surface area contributed by atoms with Crippen molar-refractivity contribution in [2.45, 2.75) is 43.9 Å². The van der Waals surface area contributed by atoms with Crippen molar-refractivity contribution >= 4 is 0 Å². The molecule has 2 aliphatic rings. The molecule has 1 saturated carbocycles. The van der Waals surface area contributed by atoms with Gasteiger partial charge >= 0.3 is 0 Å². The van der Waals surface area contributed by atoms with Gasteiger partial charge in [-0.1, -0.05) is 12.8 Å². The fourth-order valence-electron chi connectivity index (χ4n) is 2.23. The molecule has 2 rings (SSSR count). The van der Waals surface area contributed by atoms with E-state index in [9.17, 15) is 5.11 Å². The molecule has 2 fully saturated rings. The molecule has 0 aromatic carbocycles. The van der Waals surface area contributed by atoms with Crippen molar-refractivity contribution in [3.63, 3.8) is 0 Å². The van der Waals surface area contributed by atoms with E-state index in [1.807, 2.05) is 0 Å². The summed E-state index contributed by atoms with van der Waals surface area (Å²) in [5.74, 6) is 0. The van der Waals surface area contributed by atoms with E-state index in [2.05, 4.69) is 10.6 Å². The van der Waals surface area contributed by atoms with Crippen LogP contribution < -0.4 is 10.6 Å². The number of nitrogens with one attached hydrogen (secondary N) is 2. The van der Waals surface area contributed by atoms with Crippen molar-refractivity contribution in [3.8, 4) is 0 Å². The highest BCUT2D eigenvalue weighted by Gasteiger charge is 2.27. The Morgan fingerprint density at radius 3 is 2.50 bits per heavy atom. The van der Waals surface area contributed by atoms with Crippen LogP contribution in [-0.2, 0) is 0 Å². The van der Waals surface area contributed by atoms with Crippen molar-refractivity contribution in [1.29, 1.82) is 0 Å². The van der Waals surface area contributed by atoms with E-state index in [1.54, 1.807) is 0 Å². The van der Waals surface area contributed by atoms with Gasteiger partial charge in [-0.2, -0.15) is 0 Å². The van der Waals surface area contributed by atoms with E-state index in [4.69, 9.17) is 0 Å². The van der Waals surface area contributed by atoms with Crippen LogP contribution in [0.5, 0.6) is 0 Å². The summed E-state index contributed by atoms with van der Waals surface area (Å²) in [6, 6.07) is 0.970. The van der Waals surface area contributed by atoms with Gasteiger partial charge in [-0.3, -0.25) is 0 Å². The predicted molar refractivity (Wildman–Crippen MR) is 48.1 cm³/mol. The molecule has 3 nitrogen and oxygen atoms in total. The Hall–Kier alpha value is -0.120. The Morgan fingerprint density at radius 2 is 1.92 bits per heavy atom. The normalized spacial score (nSPS) is 37.8. The van der Waals surface area contributed by atoms with Gasteiger partial charge in [0.05, 0.1) is 6.10 Å². The summed E-state index contributed by atoms with van der Waals surface area (Å²) in [6.45, 7) is 1.68. The standard InChI is InChI=1S/C9H18N2O/c12-9-6-10-5-8(9)11-7-3-1-2-4-7/h7-12H,1-6H2/t8-,9-/m1/s1. The lowest BCUT2D eigenvalue weighted by Crippen LogP contribution is -2.44. The lowest BCUT2D eigenvalue weighted by Gasteiger charge is -2.20. The lowest BCUT2D eigenvalue weighted by molar-refractivity contribution is 0.157. The topological polar surface area (TPSA) is 44.3 Å². The van der Waals surface area contributed by atoms with E-state index < -0.39 is 0 Å². The molecule has 70 valence electrons. The van der Waals surface area contributed by atoms with Crippen LogP contribution in [0.4, 0.5) is 0 Å². The van der Waals surface area contributed by atoms with Crippen molar-refractivity contribution in [3.05, 3.63) is 0 Å². The van der Waals surface area contributed by atoms with Gasteiger partial charge in [-0.25, -0.2) is 0 Å². The second-order valence-corrected chi connectivity index (χ2v) is 3.98. The van der Waals surface area contributed by atoms with Crippen LogP contribution in [0, 0.1) is 0 Å². The maximum Gasteiger partial charge on any atom is 0.0829 e. The van der Waals surface area contributed by atoms with Crippen LogP contribution in [0.3, 0.4) is 0 Å². The van der Waals surface area contributed by atoms with Gasteiger partial charge in [0.25, 0.3) is 0 Å². The van der Waals surface area contributed by atoms with Gasteiger partial charge in [0.15, 0.2) is 0 Å². The first-order chi connectivity index (χ1) is 5.86. The Morgan fingerprint density at radius 1 is 1.17 bits per heavy atom. The minimum Gasteiger partial charge on any atom is -0.390 e. The average Bonchev–Trinajstić information content (AvgIpc) is 2.65. The minimum atomic E-state index is -0.175. The number of hydrogen-bond donors (Lipinski definition) is 3. The summed E-state index contributed by atoms with van der Waals surface area (Å²) < 4.78 is 0. The van der Waals surface area contributed by atoms with E-state index in [0.717, 1.165) is 13.1 Å². The van der Waals surface area contributed by atoms with Crippen molar-refractivity contribution < 1.29 is 5.11 Å². The van der Waals surface area contributed by atoms with Crippen LogP contribution in [0.2, 0.25) is 0 Å². The molecular formula is C9H18N2O. The number of aliphatic hydroxyl groups is 1. The molecule has 1 saturated heterocycles. The Labute approximate surface area is 73.5 Å². The van der Waals surface area contributed by atoms with Crippen LogP contribution in [0.15, 0.2) is 0 Å². The molecule has 0 amide bonds. The summed E-state index contributed by atoms with van der Waals surface area (Å²) in [5.41, 5.74) is 0. The summed E-state index contributed by atoms with van der Waals surface area (Å²) in [4.78, 5) is 0. The van der Waals surface area contributed by atoms with E-state index >= 15 is 0 Å². The Bertz CT molecular complexity index is 145. The molecule has 3 N–H and O–H groups in total. The third-order valence-electron chi connectivity index (χ3n) is 2.99. The second-order valence-electron chi connectivity index (χ2n) is 3.98. The smallest absolute Gasteiger partial charge is 0.0829 e. The third-order valence-corrected chi connectivity index (χ3v) is 2.99. The molecular weight excluding hydrogens is 152 g/mol. The van der Waals surface area contributed by atoms with E-state index in [1.165, 1.54) is 25.7 Å². The molecule has 0 aromatic heterocycles. The van der Waals surface area contributed by atoms with E-state index in [-0.39, 0.29) is 6.10 Å². The zero-order valence-electron chi connectivity index (χ0n) is 7.42. The minimum absolute atomic E-state index is 0.175. The van der Waals surface area contributed by atoms with Gasteiger partial charge in [0.2, 0.25) is 0 Å². The number of aliphatic hydroxyl groups excluding tert-OH is 1. The highest BCUT2D eigenvalue weighted by molar-refractivity contribution is 4.89. The van der Waals surface area contributed by atoms with Gasteiger partial charge in [0, 0.05) is 25.2 Å². The largest absolute Gasteiger partial charge is 0.390 e. The van der Waals surface area contributed by atoms with E-state index in [0.29, 0.717) is 12.1 Å². The first-order valence-corrected chi connectivity index (χ1v) is 5.01. The molecule has 1 aliphatic carbocycles. The summed E-state index contributed by atoms with van der Waals surface area (Å²) >= 11 is 0. The molecule has 1 aliphatic heterocycles. The highest BCUT2D eigenvalue weighted by atomic mass is 16.3. The SMILES string of the molecule is O[C@@H]1CNC[C@H]1NC1CCCC1. The van der Waals surface area contributed by atoms with Crippen molar-refractivity contribution in [2.75, 3.05) is 13.1 Å². The maximum absolute atomic E-state index is 9.52. The van der Waals surface area contributed by atoms with Gasteiger partial charge in [-0.05, 0) is 12.8 Å². The quantitative estimate of drug-likeness (QED) is 0.540. The molecule has 0 bridgehead atoms. The molecule has 12 heavy (non-hydrogen) atoms. The first kappa shape index (κ1) is 8.48. The predicted octanol–water partition coefficient (Wildman–Crippen LogP) is -0.149. The number of hydrogen-bond acceptors (Lipinski definition) is 3. The number of rotatable bonds is 2. The van der Waals surface area contributed by atoms with Crippen molar-refractivity contribution in [2.24, 2.45) is 0 Å². The van der Waals surface area contributed by atoms with Gasteiger partial charge in [0.1, 0.15) is 0 Å². The highest BCUT2D eigenvalue weighted by Crippen LogP contribution is 2.18. The Kier molecular flexibility index (Phi) is 2.63. The maximum atomic E-state index is 9.52. The fraction of sp³-hybridized carbons (Fsp3) is 1.00. The van der Waals surface area contributed by atoms with Crippen LogP contribution in [-0.4, -0.2) is 36.4 Å². The van der Waals surface area contributed by atoms with Crippen LogP contribution in [0.25, 0.3) is 0 Å². The summed E-state index contributed by atoms with van der Waals surface area (Å²) in [6.07, 6.45) is 5.12. The van der Waals surface area contributed by atoms with Crippen LogP contribution >= 0.6 is 0 Å². The molecule has 3 heteroatoms. The average molecular weight is 170 g/mol.